The lowest BCUT2D eigenvalue weighted by atomic mass is 9.92. The van der Waals surface area contributed by atoms with Gasteiger partial charge in [-0.15, -0.1) is 0 Å². The van der Waals surface area contributed by atoms with Gasteiger partial charge in [0, 0.05) is 25.5 Å². The minimum absolute atomic E-state index is 0.0185. The number of rotatable bonds is 5. The summed E-state index contributed by atoms with van der Waals surface area (Å²) in [4.78, 5) is 0. The van der Waals surface area contributed by atoms with Crippen LogP contribution in [0.15, 0.2) is 0 Å². The van der Waals surface area contributed by atoms with Crippen LogP contribution in [-0.4, -0.2) is 30.2 Å². The first kappa shape index (κ1) is 11.9. The van der Waals surface area contributed by atoms with Gasteiger partial charge >= 0.3 is 0 Å². The summed E-state index contributed by atoms with van der Waals surface area (Å²) in [6, 6.07) is 0.258. The predicted octanol–water partition coefficient (Wildman–Crippen LogP) is 1.93. The van der Waals surface area contributed by atoms with E-state index in [1.165, 1.54) is 0 Å². The fourth-order valence-corrected chi connectivity index (χ4v) is 1.79. The zero-order valence-corrected chi connectivity index (χ0v) is 8.44. The molecule has 0 aromatic carbocycles. The normalized spacial score (nSPS) is 22.5. The van der Waals surface area contributed by atoms with Gasteiger partial charge in [0.05, 0.1) is 0 Å². The van der Waals surface area contributed by atoms with Gasteiger partial charge in [0.2, 0.25) is 5.92 Å². The highest BCUT2D eigenvalue weighted by Crippen LogP contribution is 2.32. The third kappa shape index (κ3) is 4.33. The molecule has 0 aromatic heterocycles. The molecule has 0 bridgehead atoms. The lowest BCUT2D eigenvalue weighted by Crippen LogP contribution is -2.37. The maximum atomic E-state index is 12.8. The molecule has 0 saturated heterocycles. The standard InChI is InChI=1S/C10H19F2NO/c11-10(12)5-3-9(4-6-10)13-7-1-2-8-14/h9,13-14H,1-8H2. The summed E-state index contributed by atoms with van der Waals surface area (Å²) in [6.07, 6.45) is 2.90. The van der Waals surface area contributed by atoms with Crippen LogP contribution >= 0.6 is 0 Å². The highest BCUT2D eigenvalue weighted by Gasteiger charge is 2.34. The quantitative estimate of drug-likeness (QED) is 0.675. The molecule has 1 aliphatic rings. The van der Waals surface area contributed by atoms with E-state index in [2.05, 4.69) is 5.32 Å². The van der Waals surface area contributed by atoms with Gasteiger partial charge in [-0.3, -0.25) is 0 Å². The minimum atomic E-state index is -2.43. The number of nitrogens with one attached hydrogen (secondary N) is 1. The third-order valence-electron chi connectivity index (χ3n) is 2.74. The molecule has 0 unspecified atom stereocenters. The molecule has 1 rings (SSSR count). The Hall–Kier alpha value is -0.220. The monoisotopic (exact) mass is 207 g/mol. The Bertz CT molecular complexity index is 154. The van der Waals surface area contributed by atoms with Crippen LogP contribution in [0.4, 0.5) is 8.78 Å². The van der Waals surface area contributed by atoms with Crippen molar-refractivity contribution in [3.63, 3.8) is 0 Å². The van der Waals surface area contributed by atoms with E-state index in [1.807, 2.05) is 0 Å². The summed E-state index contributed by atoms with van der Waals surface area (Å²) >= 11 is 0. The van der Waals surface area contributed by atoms with Gasteiger partial charge in [-0.05, 0) is 32.2 Å². The average molecular weight is 207 g/mol. The van der Waals surface area contributed by atoms with Crippen LogP contribution < -0.4 is 5.32 Å². The maximum absolute atomic E-state index is 12.8. The first-order valence-corrected chi connectivity index (χ1v) is 5.36. The summed E-state index contributed by atoms with van der Waals surface area (Å²) in [5.74, 6) is -2.43. The Morgan fingerprint density at radius 1 is 1.21 bits per heavy atom. The molecule has 0 aliphatic heterocycles. The van der Waals surface area contributed by atoms with Gasteiger partial charge in [-0.25, -0.2) is 8.78 Å². The summed E-state index contributed by atoms with van der Waals surface area (Å²) in [5.41, 5.74) is 0. The molecular weight excluding hydrogens is 188 g/mol. The van der Waals surface area contributed by atoms with E-state index in [9.17, 15) is 8.78 Å². The predicted molar refractivity (Wildman–Crippen MR) is 51.5 cm³/mol. The van der Waals surface area contributed by atoms with Crippen LogP contribution in [0.2, 0.25) is 0 Å². The second-order valence-electron chi connectivity index (χ2n) is 4.02. The van der Waals surface area contributed by atoms with Crippen LogP contribution in [0.3, 0.4) is 0 Å². The lowest BCUT2D eigenvalue weighted by Gasteiger charge is -2.28. The SMILES string of the molecule is OCCCCNC1CCC(F)(F)CC1. The van der Waals surface area contributed by atoms with Gasteiger partial charge in [-0.2, -0.15) is 0 Å². The van der Waals surface area contributed by atoms with E-state index in [4.69, 9.17) is 5.11 Å². The number of alkyl halides is 2. The molecule has 0 atom stereocenters. The number of aliphatic hydroxyl groups is 1. The molecule has 4 heteroatoms. The Morgan fingerprint density at radius 3 is 2.43 bits per heavy atom. The number of hydrogen-bond donors (Lipinski definition) is 2. The topological polar surface area (TPSA) is 32.3 Å². The van der Waals surface area contributed by atoms with Crippen molar-refractivity contribution in [1.29, 1.82) is 0 Å². The van der Waals surface area contributed by atoms with Crippen LogP contribution in [0, 0.1) is 0 Å². The van der Waals surface area contributed by atoms with Crippen LogP contribution in [0.1, 0.15) is 38.5 Å². The minimum Gasteiger partial charge on any atom is -0.396 e. The van der Waals surface area contributed by atoms with Gasteiger partial charge in [-0.1, -0.05) is 0 Å². The Labute approximate surface area is 83.7 Å². The second-order valence-corrected chi connectivity index (χ2v) is 4.02. The molecule has 0 amide bonds. The molecule has 14 heavy (non-hydrogen) atoms. The van der Waals surface area contributed by atoms with Crippen molar-refractivity contribution < 1.29 is 13.9 Å². The van der Waals surface area contributed by atoms with E-state index in [1.54, 1.807) is 0 Å². The molecule has 1 fully saturated rings. The van der Waals surface area contributed by atoms with Crippen molar-refractivity contribution in [2.24, 2.45) is 0 Å². The fraction of sp³-hybridized carbons (Fsp3) is 1.00. The fourth-order valence-electron chi connectivity index (χ4n) is 1.79. The zero-order valence-electron chi connectivity index (χ0n) is 8.44. The first-order valence-electron chi connectivity index (χ1n) is 5.36. The first-order chi connectivity index (χ1) is 6.64. The third-order valence-corrected chi connectivity index (χ3v) is 2.74. The van der Waals surface area contributed by atoms with E-state index >= 15 is 0 Å². The lowest BCUT2D eigenvalue weighted by molar-refractivity contribution is -0.0403. The van der Waals surface area contributed by atoms with Crippen molar-refractivity contribution in [2.45, 2.75) is 50.5 Å². The summed E-state index contributed by atoms with van der Waals surface area (Å²) in [6.45, 7) is 1.04. The van der Waals surface area contributed by atoms with Gasteiger partial charge < -0.3 is 10.4 Å². The number of hydrogen-bond acceptors (Lipinski definition) is 2. The van der Waals surface area contributed by atoms with Gasteiger partial charge in [0.1, 0.15) is 0 Å². The van der Waals surface area contributed by atoms with Crippen molar-refractivity contribution in [3.8, 4) is 0 Å². The molecule has 2 N–H and O–H groups in total. The largest absolute Gasteiger partial charge is 0.396 e. The molecular formula is C10H19F2NO. The number of halogens is 2. The Balaban J connectivity index is 2.04. The van der Waals surface area contributed by atoms with E-state index in [-0.39, 0.29) is 25.5 Å². The van der Waals surface area contributed by atoms with Crippen molar-refractivity contribution in [1.82, 2.24) is 5.32 Å². The molecule has 1 saturated carbocycles. The Kier molecular flexibility index (Phi) is 4.75. The molecule has 84 valence electrons. The molecule has 0 heterocycles. The van der Waals surface area contributed by atoms with Gasteiger partial charge in [0.15, 0.2) is 0 Å². The van der Waals surface area contributed by atoms with E-state index in [0.29, 0.717) is 12.8 Å². The van der Waals surface area contributed by atoms with E-state index < -0.39 is 5.92 Å². The second kappa shape index (κ2) is 5.61. The van der Waals surface area contributed by atoms with Crippen molar-refractivity contribution >= 4 is 0 Å². The maximum Gasteiger partial charge on any atom is 0.248 e. The van der Waals surface area contributed by atoms with E-state index in [0.717, 1.165) is 19.4 Å². The molecule has 0 spiro atoms. The number of unbranched alkanes of at least 4 members (excludes halogenated alkanes) is 1. The van der Waals surface area contributed by atoms with Crippen LogP contribution in [-0.2, 0) is 0 Å². The van der Waals surface area contributed by atoms with Gasteiger partial charge in [0.25, 0.3) is 0 Å². The van der Waals surface area contributed by atoms with Crippen molar-refractivity contribution in [3.05, 3.63) is 0 Å². The molecule has 0 aromatic rings. The number of aliphatic hydroxyl groups excluding tert-OH is 1. The highest BCUT2D eigenvalue weighted by atomic mass is 19.3. The highest BCUT2D eigenvalue weighted by molar-refractivity contribution is 4.81. The van der Waals surface area contributed by atoms with Crippen LogP contribution in [0.25, 0.3) is 0 Å². The molecule has 1 aliphatic carbocycles. The summed E-state index contributed by atoms with van der Waals surface area (Å²) in [7, 11) is 0. The molecule has 2 nitrogen and oxygen atoms in total. The van der Waals surface area contributed by atoms with Crippen molar-refractivity contribution in [2.75, 3.05) is 13.2 Å². The molecule has 0 radical (unpaired) electrons. The summed E-state index contributed by atoms with van der Waals surface area (Å²) in [5, 5.41) is 11.8. The summed E-state index contributed by atoms with van der Waals surface area (Å²) < 4.78 is 25.5. The smallest absolute Gasteiger partial charge is 0.248 e. The Morgan fingerprint density at radius 2 is 1.86 bits per heavy atom. The van der Waals surface area contributed by atoms with Crippen LogP contribution in [0.5, 0.6) is 0 Å². The average Bonchev–Trinajstić information content (AvgIpc) is 2.15. The zero-order chi connectivity index (χ0) is 10.4.